The summed E-state index contributed by atoms with van der Waals surface area (Å²) in [5, 5.41) is 21.8. The molecule has 9 nitrogen and oxygen atoms in total. The summed E-state index contributed by atoms with van der Waals surface area (Å²) < 4.78 is 114. The number of carbonyl (C=O) groups is 1. The zero-order valence-electron chi connectivity index (χ0n) is 22.1. The van der Waals surface area contributed by atoms with E-state index in [1.165, 1.54) is 19.2 Å². The summed E-state index contributed by atoms with van der Waals surface area (Å²) in [5.74, 6) is -2.35. The molecule has 43 heavy (non-hydrogen) atoms. The monoisotopic (exact) mass is 619 g/mol. The Kier molecular flexibility index (Phi) is 8.50. The van der Waals surface area contributed by atoms with E-state index in [1.807, 2.05) is 5.32 Å². The predicted octanol–water partition coefficient (Wildman–Crippen LogP) is 3.56. The Bertz CT molecular complexity index is 1500. The average molecular weight is 619 g/mol. The first-order valence-corrected chi connectivity index (χ1v) is 12.3. The van der Waals surface area contributed by atoms with Crippen molar-refractivity contribution in [1.82, 2.24) is 10.3 Å². The highest BCUT2D eigenvalue weighted by atomic mass is 19.4. The number of nitrogens with two attached hydrogens (primary N) is 1. The third-order valence-electron chi connectivity index (χ3n) is 6.69. The van der Waals surface area contributed by atoms with Crippen LogP contribution in [0.5, 0.6) is 17.2 Å². The molecule has 1 aliphatic heterocycles. The fourth-order valence-corrected chi connectivity index (χ4v) is 4.25. The van der Waals surface area contributed by atoms with Crippen molar-refractivity contribution in [3.05, 3.63) is 71.2 Å². The molecule has 232 valence electrons. The number of methoxy groups -OCH3 is 1. The number of aromatic nitrogens is 1. The number of amides is 1. The molecule has 2 atom stereocenters. The molecule has 0 unspecified atom stereocenters. The molecule has 0 bridgehead atoms. The topological polar surface area (TPSA) is 136 Å². The molecule has 1 aromatic heterocycles. The molecule has 4 rings (SSSR count). The molecule has 0 radical (unpaired) electrons. The molecule has 3 aromatic rings. The maximum atomic E-state index is 14.5. The van der Waals surface area contributed by atoms with E-state index in [4.69, 9.17) is 25.1 Å². The lowest BCUT2D eigenvalue weighted by molar-refractivity contribution is -0.265. The van der Waals surface area contributed by atoms with Gasteiger partial charge in [0.25, 0.3) is 5.91 Å². The third-order valence-corrected chi connectivity index (χ3v) is 6.69. The van der Waals surface area contributed by atoms with Crippen LogP contribution < -0.4 is 25.3 Å². The van der Waals surface area contributed by atoms with Crippen LogP contribution in [0.2, 0.25) is 0 Å². The van der Waals surface area contributed by atoms with Crippen molar-refractivity contribution in [3.63, 3.8) is 0 Å². The van der Waals surface area contributed by atoms with Gasteiger partial charge in [-0.05, 0) is 48.5 Å². The van der Waals surface area contributed by atoms with Gasteiger partial charge < -0.3 is 35.5 Å². The minimum absolute atomic E-state index is 0.00264. The number of halogens is 7. The van der Waals surface area contributed by atoms with E-state index >= 15 is 0 Å². The Hall–Kier alpha value is -4.15. The van der Waals surface area contributed by atoms with Gasteiger partial charge in [-0.15, -0.1) is 0 Å². The quantitative estimate of drug-likeness (QED) is 0.267. The van der Waals surface area contributed by atoms with Gasteiger partial charge in [0.15, 0.2) is 22.8 Å². The standard InChI is InChI=1S/C27H24F7N3O6/c1-41-19-10-15(4-7-18(19)42-9-8-38)23(39)36-12-25(40,27(32,33)34)20-11-17-22(43-13-24(17,35)26(29,30)31)21(37-20)14-2-5-16(28)6-3-14/h2-7,10-11,38,40H,8-9,12-13,35H2,1H3,(H,36,39)/t24-,25-/m1/s1. The van der Waals surface area contributed by atoms with E-state index in [0.29, 0.717) is 6.07 Å². The molecule has 0 saturated heterocycles. The lowest BCUT2D eigenvalue weighted by atomic mass is 9.87. The summed E-state index contributed by atoms with van der Waals surface area (Å²) in [6.07, 6.45) is -10.8. The Balaban J connectivity index is 1.78. The normalized spacial score (nSPS) is 17.9. The second-order valence-corrected chi connectivity index (χ2v) is 9.48. The lowest BCUT2D eigenvalue weighted by Crippen LogP contribution is -2.53. The minimum Gasteiger partial charge on any atom is -0.493 e. The van der Waals surface area contributed by atoms with Crippen LogP contribution in [0.4, 0.5) is 30.7 Å². The van der Waals surface area contributed by atoms with E-state index in [-0.39, 0.29) is 35.8 Å². The van der Waals surface area contributed by atoms with Crippen molar-refractivity contribution < 1.29 is 60.0 Å². The fourth-order valence-electron chi connectivity index (χ4n) is 4.25. The van der Waals surface area contributed by atoms with Crippen LogP contribution in [0.1, 0.15) is 21.6 Å². The van der Waals surface area contributed by atoms with Crippen LogP contribution >= 0.6 is 0 Å². The fraction of sp³-hybridized carbons (Fsp3) is 0.333. The number of aliphatic hydroxyl groups excluding tert-OH is 1. The Labute approximate surface area is 239 Å². The first kappa shape index (κ1) is 31.8. The number of aliphatic hydroxyl groups is 2. The number of hydrogen-bond donors (Lipinski definition) is 4. The summed E-state index contributed by atoms with van der Waals surface area (Å²) >= 11 is 0. The van der Waals surface area contributed by atoms with Crippen LogP contribution in [0, 0.1) is 5.82 Å². The van der Waals surface area contributed by atoms with Gasteiger partial charge in [-0.1, -0.05) is 0 Å². The van der Waals surface area contributed by atoms with Gasteiger partial charge >= 0.3 is 12.4 Å². The lowest BCUT2D eigenvalue weighted by Gasteiger charge is -2.32. The van der Waals surface area contributed by atoms with E-state index in [0.717, 1.165) is 30.3 Å². The van der Waals surface area contributed by atoms with Crippen molar-refractivity contribution in [3.8, 4) is 28.5 Å². The number of hydrogen-bond acceptors (Lipinski definition) is 8. The highest BCUT2D eigenvalue weighted by Gasteiger charge is 2.61. The largest absolute Gasteiger partial charge is 0.493 e. The number of nitrogens with zero attached hydrogens (tertiary/aromatic N) is 1. The van der Waals surface area contributed by atoms with E-state index in [2.05, 4.69) is 4.98 Å². The molecule has 0 aliphatic carbocycles. The van der Waals surface area contributed by atoms with Crippen LogP contribution in [-0.2, 0) is 11.1 Å². The number of ether oxygens (including phenoxy) is 3. The molecule has 0 saturated carbocycles. The van der Waals surface area contributed by atoms with E-state index < -0.39 is 71.1 Å². The van der Waals surface area contributed by atoms with Crippen LogP contribution in [0.25, 0.3) is 11.3 Å². The maximum Gasteiger partial charge on any atom is 0.424 e. The van der Waals surface area contributed by atoms with Crippen LogP contribution in [-0.4, -0.2) is 66.9 Å². The van der Waals surface area contributed by atoms with Crippen molar-refractivity contribution in [2.24, 2.45) is 5.73 Å². The SMILES string of the molecule is COc1cc(C(=O)NC[C@@](O)(c2cc3c(c(-c4ccc(F)cc4)n2)OC[C@]3(N)C(F)(F)F)C(F)(F)F)ccc1OCCO. The van der Waals surface area contributed by atoms with Gasteiger partial charge in [-0.25, -0.2) is 9.37 Å². The van der Waals surface area contributed by atoms with E-state index in [1.54, 1.807) is 0 Å². The van der Waals surface area contributed by atoms with Gasteiger partial charge in [0, 0.05) is 16.7 Å². The summed E-state index contributed by atoms with van der Waals surface area (Å²) in [4.78, 5) is 16.6. The molecule has 2 heterocycles. The minimum atomic E-state index is -5.59. The van der Waals surface area contributed by atoms with Gasteiger partial charge in [-0.2, -0.15) is 26.3 Å². The van der Waals surface area contributed by atoms with Crippen molar-refractivity contribution in [2.75, 3.05) is 33.5 Å². The highest BCUT2D eigenvalue weighted by Crippen LogP contribution is 2.51. The average Bonchev–Trinajstić information content (AvgIpc) is 3.31. The van der Waals surface area contributed by atoms with Crippen LogP contribution in [0.3, 0.4) is 0 Å². The summed E-state index contributed by atoms with van der Waals surface area (Å²) in [6.45, 7) is -3.23. The molecule has 5 N–H and O–H groups in total. The van der Waals surface area contributed by atoms with Gasteiger partial charge in [0.1, 0.15) is 24.7 Å². The zero-order chi connectivity index (χ0) is 31.8. The molecular formula is C27H24F7N3O6. The molecule has 1 amide bonds. The van der Waals surface area contributed by atoms with Crippen molar-refractivity contribution in [2.45, 2.75) is 23.5 Å². The Morgan fingerprint density at radius 1 is 1.09 bits per heavy atom. The third kappa shape index (κ3) is 5.89. The zero-order valence-corrected chi connectivity index (χ0v) is 22.1. The van der Waals surface area contributed by atoms with Gasteiger partial charge in [0.05, 0.1) is 26.0 Å². The molecule has 16 heteroatoms. The smallest absolute Gasteiger partial charge is 0.424 e. The van der Waals surface area contributed by atoms with E-state index in [9.17, 15) is 40.6 Å². The predicted molar refractivity (Wildman–Crippen MR) is 135 cm³/mol. The second-order valence-electron chi connectivity index (χ2n) is 9.48. The molecular weight excluding hydrogens is 595 g/mol. The molecule has 1 aliphatic rings. The Morgan fingerprint density at radius 2 is 1.77 bits per heavy atom. The first-order chi connectivity index (χ1) is 20.1. The van der Waals surface area contributed by atoms with Crippen molar-refractivity contribution in [1.29, 1.82) is 0 Å². The Morgan fingerprint density at radius 3 is 2.35 bits per heavy atom. The molecule has 0 fully saturated rings. The van der Waals surface area contributed by atoms with Crippen molar-refractivity contribution >= 4 is 5.91 Å². The first-order valence-electron chi connectivity index (χ1n) is 12.3. The number of benzene rings is 2. The summed E-state index contributed by atoms with van der Waals surface area (Å²) in [5.41, 5.74) is -4.90. The molecule has 2 aromatic carbocycles. The number of nitrogens with one attached hydrogen (secondary N) is 1. The number of carbonyl (C=O) groups excluding carboxylic acids is 1. The summed E-state index contributed by atoms with van der Waals surface area (Å²) in [7, 11) is 1.23. The highest BCUT2D eigenvalue weighted by molar-refractivity contribution is 5.95. The number of fused-ring (bicyclic) bond motifs is 1. The van der Waals surface area contributed by atoms with Gasteiger partial charge in [-0.3, -0.25) is 4.79 Å². The van der Waals surface area contributed by atoms with Crippen LogP contribution in [0.15, 0.2) is 48.5 Å². The maximum absolute atomic E-state index is 14.5. The van der Waals surface area contributed by atoms with Gasteiger partial charge in [0.2, 0.25) is 5.60 Å². The second kappa shape index (κ2) is 11.5. The molecule has 0 spiro atoms. The number of rotatable bonds is 9. The number of alkyl halides is 6. The number of pyridine rings is 1. The summed E-state index contributed by atoms with van der Waals surface area (Å²) in [6, 6.07) is 7.77.